The first-order valence-electron chi connectivity index (χ1n) is 5.28. The van der Waals surface area contributed by atoms with Crippen molar-refractivity contribution in [2.75, 3.05) is 17.2 Å². The van der Waals surface area contributed by atoms with Gasteiger partial charge in [0.2, 0.25) is 0 Å². The Bertz CT molecular complexity index is 522. The van der Waals surface area contributed by atoms with Crippen molar-refractivity contribution in [1.82, 2.24) is 15.5 Å². The van der Waals surface area contributed by atoms with Gasteiger partial charge in [-0.3, -0.25) is 9.89 Å². The number of rotatable bonds is 2. The molecule has 1 aromatic rings. The van der Waals surface area contributed by atoms with Gasteiger partial charge in [0.15, 0.2) is 9.84 Å². The van der Waals surface area contributed by atoms with E-state index in [1.165, 1.54) is 6.20 Å². The Balaban J connectivity index is 2.02. The predicted octanol–water partition coefficient (Wildman–Crippen LogP) is -0.701. The highest BCUT2D eigenvalue weighted by molar-refractivity contribution is 7.91. The van der Waals surface area contributed by atoms with Crippen molar-refractivity contribution in [3.05, 3.63) is 11.9 Å². The number of hydrogen-bond acceptors (Lipinski definition) is 5. The molecule has 0 aromatic carbocycles. The van der Waals surface area contributed by atoms with Crippen molar-refractivity contribution in [3.63, 3.8) is 0 Å². The normalized spacial score (nSPS) is 23.2. The summed E-state index contributed by atoms with van der Waals surface area (Å²) < 4.78 is 22.8. The third kappa shape index (κ3) is 2.76. The number of carbonyl (C=O) groups excluding carboxylic acids is 1. The van der Waals surface area contributed by atoms with Gasteiger partial charge in [0.25, 0.3) is 5.91 Å². The molecule has 94 valence electrons. The Morgan fingerprint density at radius 2 is 2.35 bits per heavy atom. The lowest BCUT2D eigenvalue weighted by atomic mass is 10.2. The Morgan fingerprint density at radius 1 is 1.59 bits per heavy atom. The zero-order valence-electron chi connectivity index (χ0n) is 9.14. The molecule has 4 N–H and O–H groups in total. The SMILES string of the molecule is Nc1cn[nH]c1C(=O)NC1CCCS(=O)(=O)C1. The molecule has 1 aliphatic rings. The van der Waals surface area contributed by atoms with Crippen LogP contribution >= 0.6 is 0 Å². The zero-order chi connectivity index (χ0) is 12.5. The van der Waals surface area contributed by atoms with Crippen LogP contribution in [0.1, 0.15) is 23.3 Å². The van der Waals surface area contributed by atoms with Gasteiger partial charge in [-0.05, 0) is 12.8 Å². The fourth-order valence-electron chi connectivity index (χ4n) is 1.87. The molecule has 0 aliphatic carbocycles. The van der Waals surface area contributed by atoms with E-state index in [1.807, 2.05) is 0 Å². The van der Waals surface area contributed by atoms with E-state index in [0.29, 0.717) is 12.8 Å². The van der Waals surface area contributed by atoms with Gasteiger partial charge in [0.1, 0.15) is 5.69 Å². The molecule has 1 unspecified atom stereocenters. The largest absolute Gasteiger partial charge is 0.396 e. The van der Waals surface area contributed by atoms with E-state index >= 15 is 0 Å². The monoisotopic (exact) mass is 258 g/mol. The first-order chi connectivity index (χ1) is 7.98. The van der Waals surface area contributed by atoms with E-state index in [0.717, 1.165) is 0 Å². The first-order valence-corrected chi connectivity index (χ1v) is 7.10. The molecule has 8 heteroatoms. The lowest BCUT2D eigenvalue weighted by Gasteiger charge is -2.22. The van der Waals surface area contributed by atoms with Gasteiger partial charge in [0.05, 0.1) is 23.4 Å². The molecule has 0 spiro atoms. The van der Waals surface area contributed by atoms with Crippen LogP contribution in [0.5, 0.6) is 0 Å². The summed E-state index contributed by atoms with van der Waals surface area (Å²) in [5.41, 5.74) is 5.95. The van der Waals surface area contributed by atoms with Crippen molar-refractivity contribution in [2.45, 2.75) is 18.9 Å². The van der Waals surface area contributed by atoms with Crippen LogP contribution in [-0.4, -0.2) is 42.1 Å². The van der Waals surface area contributed by atoms with Gasteiger partial charge in [-0.1, -0.05) is 0 Å². The molecule has 1 aliphatic heterocycles. The van der Waals surface area contributed by atoms with E-state index in [1.54, 1.807) is 0 Å². The predicted molar refractivity (Wildman–Crippen MR) is 62.1 cm³/mol. The number of anilines is 1. The second-order valence-corrected chi connectivity index (χ2v) is 6.36. The Labute approximate surface area is 98.7 Å². The van der Waals surface area contributed by atoms with Crippen LogP contribution in [0.15, 0.2) is 6.20 Å². The van der Waals surface area contributed by atoms with Gasteiger partial charge < -0.3 is 11.1 Å². The molecule has 17 heavy (non-hydrogen) atoms. The van der Waals surface area contributed by atoms with E-state index in [9.17, 15) is 13.2 Å². The number of hydrogen-bond donors (Lipinski definition) is 3. The van der Waals surface area contributed by atoms with Crippen LogP contribution in [0.25, 0.3) is 0 Å². The van der Waals surface area contributed by atoms with Crippen molar-refractivity contribution < 1.29 is 13.2 Å². The third-order valence-electron chi connectivity index (χ3n) is 2.69. The molecule has 1 fully saturated rings. The van der Waals surface area contributed by atoms with Gasteiger partial charge in [-0.2, -0.15) is 5.10 Å². The number of carbonyl (C=O) groups is 1. The van der Waals surface area contributed by atoms with Gasteiger partial charge in [-0.15, -0.1) is 0 Å². The number of nitrogen functional groups attached to an aromatic ring is 1. The van der Waals surface area contributed by atoms with Crippen molar-refractivity contribution >= 4 is 21.4 Å². The summed E-state index contributed by atoms with van der Waals surface area (Å²) in [5.74, 6) is -0.222. The fourth-order valence-corrected chi connectivity index (χ4v) is 3.51. The molecule has 2 rings (SSSR count). The van der Waals surface area contributed by atoms with Gasteiger partial charge in [-0.25, -0.2) is 8.42 Å². The molecule has 2 heterocycles. The molecule has 0 radical (unpaired) electrons. The number of amides is 1. The Kier molecular flexibility index (Phi) is 3.05. The standard InChI is InChI=1S/C9H14N4O3S/c10-7-4-11-13-8(7)9(14)12-6-2-1-3-17(15,16)5-6/h4,6H,1-3,5,10H2,(H,11,13)(H,12,14). The second kappa shape index (κ2) is 4.36. The van der Waals surface area contributed by atoms with Crippen molar-refractivity contribution in [2.24, 2.45) is 0 Å². The molecular formula is C9H14N4O3S. The van der Waals surface area contributed by atoms with Crippen LogP contribution in [0, 0.1) is 0 Å². The summed E-state index contributed by atoms with van der Waals surface area (Å²) in [6.45, 7) is 0. The molecule has 7 nitrogen and oxygen atoms in total. The molecule has 1 aromatic heterocycles. The average Bonchev–Trinajstić information content (AvgIpc) is 2.62. The van der Waals surface area contributed by atoms with E-state index < -0.39 is 15.7 Å². The quantitative estimate of drug-likeness (QED) is 0.648. The van der Waals surface area contributed by atoms with Crippen LogP contribution in [-0.2, 0) is 9.84 Å². The van der Waals surface area contributed by atoms with E-state index in [-0.39, 0.29) is 28.9 Å². The summed E-state index contributed by atoms with van der Waals surface area (Å²) in [7, 11) is -3.03. The second-order valence-electron chi connectivity index (χ2n) is 4.13. The molecule has 0 saturated carbocycles. The number of nitrogens with zero attached hydrogens (tertiary/aromatic N) is 1. The molecule has 0 bridgehead atoms. The highest BCUT2D eigenvalue weighted by atomic mass is 32.2. The summed E-state index contributed by atoms with van der Waals surface area (Å²) in [6, 6.07) is -0.344. The van der Waals surface area contributed by atoms with Gasteiger partial charge in [0, 0.05) is 6.04 Å². The Morgan fingerprint density at radius 3 is 2.94 bits per heavy atom. The highest BCUT2D eigenvalue weighted by Gasteiger charge is 2.26. The third-order valence-corrected chi connectivity index (χ3v) is 4.51. The maximum absolute atomic E-state index is 11.7. The Hall–Kier alpha value is -1.57. The number of sulfone groups is 1. The topological polar surface area (TPSA) is 118 Å². The summed E-state index contributed by atoms with van der Waals surface area (Å²) in [6.07, 6.45) is 2.58. The molecule has 1 saturated heterocycles. The maximum Gasteiger partial charge on any atom is 0.271 e. The van der Waals surface area contributed by atoms with Crippen molar-refractivity contribution in [1.29, 1.82) is 0 Å². The minimum atomic E-state index is -3.03. The number of aromatic nitrogens is 2. The van der Waals surface area contributed by atoms with E-state index in [2.05, 4.69) is 15.5 Å². The molecular weight excluding hydrogens is 244 g/mol. The lowest BCUT2D eigenvalue weighted by molar-refractivity contribution is 0.0934. The summed E-state index contributed by atoms with van der Waals surface area (Å²) in [5, 5.41) is 8.76. The van der Waals surface area contributed by atoms with Crippen molar-refractivity contribution in [3.8, 4) is 0 Å². The number of aromatic amines is 1. The maximum atomic E-state index is 11.7. The van der Waals surface area contributed by atoms with Crippen LogP contribution in [0.2, 0.25) is 0 Å². The van der Waals surface area contributed by atoms with Crippen LogP contribution in [0.4, 0.5) is 5.69 Å². The summed E-state index contributed by atoms with van der Waals surface area (Å²) >= 11 is 0. The average molecular weight is 258 g/mol. The number of H-pyrrole nitrogens is 1. The highest BCUT2D eigenvalue weighted by Crippen LogP contribution is 2.13. The minimum absolute atomic E-state index is 0.00716. The number of nitrogens with one attached hydrogen (secondary N) is 2. The van der Waals surface area contributed by atoms with Crippen LogP contribution in [0.3, 0.4) is 0 Å². The fraction of sp³-hybridized carbons (Fsp3) is 0.556. The van der Waals surface area contributed by atoms with E-state index in [4.69, 9.17) is 5.73 Å². The number of nitrogens with two attached hydrogens (primary N) is 1. The molecule has 1 amide bonds. The smallest absolute Gasteiger partial charge is 0.271 e. The zero-order valence-corrected chi connectivity index (χ0v) is 9.96. The van der Waals surface area contributed by atoms with Crippen LogP contribution < -0.4 is 11.1 Å². The first kappa shape index (κ1) is 11.9. The lowest BCUT2D eigenvalue weighted by Crippen LogP contribution is -2.43. The molecule has 1 atom stereocenters. The minimum Gasteiger partial charge on any atom is -0.396 e. The summed E-state index contributed by atoms with van der Waals surface area (Å²) in [4.78, 5) is 11.7. The van der Waals surface area contributed by atoms with Gasteiger partial charge >= 0.3 is 0 Å².